The molecule has 0 N–H and O–H groups in total. The Hall–Kier alpha value is -0.313. The summed E-state index contributed by atoms with van der Waals surface area (Å²) in [5, 5.41) is 1.36. The van der Waals surface area contributed by atoms with Crippen molar-refractivity contribution >= 4 is 23.8 Å². The Morgan fingerprint density at radius 1 is 1.06 bits per heavy atom. The van der Waals surface area contributed by atoms with E-state index in [0.29, 0.717) is 0 Å². The Balaban J connectivity index is 3.00. The lowest BCUT2D eigenvalue weighted by molar-refractivity contribution is 0.476. The summed E-state index contributed by atoms with van der Waals surface area (Å²) in [5.41, 5.74) is 0. The highest BCUT2D eigenvalue weighted by molar-refractivity contribution is 7.25. The van der Waals surface area contributed by atoms with Gasteiger partial charge in [0.1, 0.15) is 0 Å². The first kappa shape index (κ1) is 14.7. The average Bonchev–Trinajstić information content (AvgIpc) is 2.38. The summed E-state index contributed by atoms with van der Waals surface area (Å²) < 4.78 is 2.49. The number of halogens is 1. The molecule has 0 bridgehead atoms. The summed E-state index contributed by atoms with van der Waals surface area (Å²) >= 11 is 7.07. The molecule has 1 aromatic carbocycles. The van der Waals surface area contributed by atoms with Gasteiger partial charge in [-0.3, -0.25) is 0 Å². The van der Waals surface area contributed by atoms with Crippen molar-refractivity contribution in [2.45, 2.75) is 39.7 Å². The Kier molecular flexibility index (Phi) is 6.24. The topological polar surface area (TPSA) is 3.24 Å². The number of rotatable bonds is 7. The first-order valence-corrected chi connectivity index (χ1v) is 9.85. The molecule has 1 atom stereocenters. The third-order valence-electron chi connectivity index (χ3n) is 3.34. The van der Waals surface area contributed by atoms with E-state index in [2.05, 4.69) is 55.7 Å². The van der Waals surface area contributed by atoms with Crippen LogP contribution in [0.5, 0.6) is 0 Å². The molecule has 0 fully saturated rings. The van der Waals surface area contributed by atoms with Crippen molar-refractivity contribution in [1.82, 2.24) is 4.57 Å². The van der Waals surface area contributed by atoms with E-state index in [4.69, 9.17) is 11.1 Å². The van der Waals surface area contributed by atoms with Crippen LogP contribution in [0.1, 0.15) is 33.6 Å². The summed E-state index contributed by atoms with van der Waals surface area (Å²) in [6.45, 7) is 8.75. The van der Waals surface area contributed by atoms with Gasteiger partial charge in [0.15, 0.2) is 0 Å². The van der Waals surface area contributed by atoms with Gasteiger partial charge in [-0.2, -0.15) is 0 Å². The SMILES string of the molecule is CCCC[Si](Cl)(c1ccccc1)N(CC)CC. The van der Waals surface area contributed by atoms with E-state index in [1.54, 1.807) is 0 Å². The fourth-order valence-corrected chi connectivity index (χ4v) is 7.31. The van der Waals surface area contributed by atoms with Crippen LogP contribution in [0, 0.1) is 0 Å². The monoisotopic (exact) mass is 269 g/mol. The van der Waals surface area contributed by atoms with Crippen LogP contribution in [0.2, 0.25) is 6.04 Å². The number of benzene rings is 1. The van der Waals surface area contributed by atoms with Gasteiger partial charge in [-0.1, -0.05) is 63.9 Å². The number of hydrogen-bond acceptors (Lipinski definition) is 1. The van der Waals surface area contributed by atoms with Crippen LogP contribution < -0.4 is 5.19 Å². The Labute approximate surface area is 112 Å². The highest BCUT2D eigenvalue weighted by Crippen LogP contribution is 2.23. The van der Waals surface area contributed by atoms with E-state index < -0.39 is 7.55 Å². The standard InChI is InChI=1S/C14H24ClNSi/c1-4-7-13-17(15,16(5-2)6-3)14-11-9-8-10-12-14/h8-12H,4-7,13H2,1-3H3. The molecule has 17 heavy (non-hydrogen) atoms. The molecule has 1 aromatic rings. The first-order valence-electron chi connectivity index (χ1n) is 6.68. The summed E-state index contributed by atoms with van der Waals surface area (Å²) in [7, 11) is -1.97. The zero-order valence-corrected chi connectivity index (χ0v) is 13.0. The molecule has 1 rings (SSSR count). The second-order valence-electron chi connectivity index (χ2n) is 4.40. The van der Waals surface area contributed by atoms with Crippen molar-refractivity contribution in [3.8, 4) is 0 Å². The van der Waals surface area contributed by atoms with E-state index in [1.807, 2.05) is 0 Å². The van der Waals surface area contributed by atoms with E-state index in [9.17, 15) is 0 Å². The minimum absolute atomic E-state index is 1.05. The molecular weight excluding hydrogens is 246 g/mol. The summed E-state index contributed by atoms with van der Waals surface area (Å²) in [6.07, 6.45) is 2.44. The number of hydrogen-bond donors (Lipinski definition) is 0. The van der Waals surface area contributed by atoms with E-state index in [0.717, 1.165) is 19.1 Å². The lowest BCUT2D eigenvalue weighted by Gasteiger charge is -2.36. The number of nitrogens with zero attached hydrogens (tertiary/aromatic N) is 1. The molecule has 3 heteroatoms. The maximum atomic E-state index is 7.07. The maximum absolute atomic E-state index is 7.07. The molecule has 0 saturated carbocycles. The van der Waals surface area contributed by atoms with E-state index in [-0.39, 0.29) is 0 Å². The average molecular weight is 270 g/mol. The lowest BCUT2D eigenvalue weighted by Crippen LogP contribution is -2.58. The fraction of sp³-hybridized carbons (Fsp3) is 0.571. The van der Waals surface area contributed by atoms with Crippen molar-refractivity contribution in [2.24, 2.45) is 0 Å². The van der Waals surface area contributed by atoms with Gasteiger partial charge in [-0.25, -0.2) is 0 Å². The molecule has 0 aliphatic heterocycles. The third-order valence-corrected chi connectivity index (χ3v) is 9.15. The first-order chi connectivity index (χ1) is 8.19. The van der Waals surface area contributed by atoms with Gasteiger partial charge >= 0.3 is 0 Å². The Morgan fingerprint density at radius 2 is 1.65 bits per heavy atom. The quantitative estimate of drug-likeness (QED) is 0.539. The molecule has 0 amide bonds. The summed E-state index contributed by atoms with van der Waals surface area (Å²) in [5.74, 6) is 0. The molecule has 0 radical (unpaired) electrons. The smallest absolute Gasteiger partial charge is 0.260 e. The van der Waals surface area contributed by atoms with Crippen molar-refractivity contribution in [3.05, 3.63) is 30.3 Å². The van der Waals surface area contributed by atoms with Crippen LogP contribution in [-0.4, -0.2) is 25.2 Å². The predicted octanol–water partition coefficient (Wildman–Crippen LogP) is 3.72. The third kappa shape index (κ3) is 3.57. The van der Waals surface area contributed by atoms with Crippen molar-refractivity contribution in [3.63, 3.8) is 0 Å². The second kappa shape index (κ2) is 7.19. The van der Waals surface area contributed by atoms with Crippen LogP contribution in [0.4, 0.5) is 0 Å². The number of unbranched alkanes of at least 4 members (excludes halogenated alkanes) is 1. The molecule has 0 aliphatic carbocycles. The molecule has 1 unspecified atom stereocenters. The normalized spacial score (nSPS) is 14.9. The minimum atomic E-state index is -1.97. The zero-order valence-electron chi connectivity index (χ0n) is 11.2. The van der Waals surface area contributed by atoms with Gasteiger partial charge in [-0.15, -0.1) is 11.1 Å². The van der Waals surface area contributed by atoms with E-state index >= 15 is 0 Å². The Bertz CT molecular complexity index is 313. The maximum Gasteiger partial charge on any atom is 0.260 e. The van der Waals surface area contributed by atoms with Crippen LogP contribution in [0.15, 0.2) is 30.3 Å². The van der Waals surface area contributed by atoms with Gasteiger partial charge in [0, 0.05) is 0 Å². The molecule has 0 spiro atoms. The van der Waals surface area contributed by atoms with E-state index in [1.165, 1.54) is 18.0 Å². The largest absolute Gasteiger partial charge is 0.309 e. The Morgan fingerprint density at radius 3 is 2.12 bits per heavy atom. The highest BCUT2D eigenvalue weighted by Gasteiger charge is 2.37. The summed E-state index contributed by atoms with van der Waals surface area (Å²) in [6, 6.07) is 11.8. The van der Waals surface area contributed by atoms with Gasteiger partial charge < -0.3 is 4.57 Å². The molecule has 0 aliphatic rings. The van der Waals surface area contributed by atoms with Gasteiger partial charge in [0.2, 0.25) is 0 Å². The molecular formula is C14H24ClNSi. The molecule has 0 aromatic heterocycles. The second-order valence-corrected chi connectivity index (χ2v) is 9.51. The van der Waals surface area contributed by atoms with Crippen LogP contribution in [0.3, 0.4) is 0 Å². The van der Waals surface area contributed by atoms with Crippen LogP contribution in [0.25, 0.3) is 0 Å². The molecule has 0 saturated heterocycles. The van der Waals surface area contributed by atoms with Crippen LogP contribution >= 0.6 is 11.1 Å². The van der Waals surface area contributed by atoms with Crippen molar-refractivity contribution in [1.29, 1.82) is 0 Å². The molecule has 1 nitrogen and oxygen atoms in total. The van der Waals surface area contributed by atoms with Crippen molar-refractivity contribution < 1.29 is 0 Å². The lowest BCUT2D eigenvalue weighted by atomic mass is 10.4. The predicted molar refractivity (Wildman–Crippen MR) is 80.3 cm³/mol. The zero-order chi connectivity index (χ0) is 12.7. The van der Waals surface area contributed by atoms with Gasteiger partial charge in [0.25, 0.3) is 7.55 Å². The van der Waals surface area contributed by atoms with Gasteiger partial charge in [0.05, 0.1) is 0 Å². The van der Waals surface area contributed by atoms with Crippen LogP contribution in [-0.2, 0) is 0 Å². The van der Waals surface area contributed by atoms with Crippen molar-refractivity contribution in [2.75, 3.05) is 13.1 Å². The minimum Gasteiger partial charge on any atom is -0.309 e. The highest BCUT2D eigenvalue weighted by atomic mass is 35.6. The molecule has 0 heterocycles. The molecule has 96 valence electrons. The van der Waals surface area contributed by atoms with Gasteiger partial charge in [-0.05, 0) is 24.3 Å². The summed E-state index contributed by atoms with van der Waals surface area (Å²) in [4.78, 5) is 0. The fourth-order valence-electron chi connectivity index (χ4n) is 2.31.